The number of rotatable bonds is 9. The van der Waals surface area contributed by atoms with Gasteiger partial charge in [0.2, 0.25) is 15.9 Å². The van der Waals surface area contributed by atoms with Crippen LogP contribution in [0.1, 0.15) is 43.7 Å². The molecule has 2 atom stereocenters. The van der Waals surface area contributed by atoms with Gasteiger partial charge in [-0.3, -0.25) is 14.4 Å². The van der Waals surface area contributed by atoms with Crippen molar-refractivity contribution in [3.8, 4) is 5.75 Å². The van der Waals surface area contributed by atoms with Gasteiger partial charge in [-0.25, -0.2) is 8.42 Å². The Bertz CT molecular complexity index is 1500. The third kappa shape index (κ3) is 6.65. The third-order valence-electron chi connectivity index (χ3n) is 6.67. The second-order valence-electron chi connectivity index (χ2n) is 10.1. The van der Waals surface area contributed by atoms with E-state index < -0.39 is 39.7 Å². The molecule has 0 bridgehead atoms. The molecule has 4 rings (SSSR count). The molecule has 40 heavy (non-hydrogen) atoms. The fourth-order valence-corrected chi connectivity index (χ4v) is 6.19. The highest BCUT2D eigenvalue weighted by Gasteiger charge is 2.34. The minimum absolute atomic E-state index is 0.0228. The summed E-state index contributed by atoms with van der Waals surface area (Å²) in [6, 6.07) is 10.8. The second kappa shape index (κ2) is 12.4. The molecule has 0 saturated carbocycles. The van der Waals surface area contributed by atoms with Crippen molar-refractivity contribution >= 4 is 50.2 Å². The van der Waals surface area contributed by atoms with Gasteiger partial charge in [0.1, 0.15) is 6.04 Å². The highest BCUT2D eigenvalue weighted by atomic mass is 35.5. The Morgan fingerprint density at radius 2 is 1.90 bits per heavy atom. The summed E-state index contributed by atoms with van der Waals surface area (Å²) in [4.78, 5) is 39.5. The van der Waals surface area contributed by atoms with Crippen molar-refractivity contribution in [1.29, 1.82) is 0 Å². The number of nitrogens with zero attached hydrogens (tertiary/aromatic N) is 1. The number of benzene rings is 2. The van der Waals surface area contributed by atoms with Crippen molar-refractivity contribution in [2.75, 3.05) is 20.2 Å². The van der Waals surface area contributed by atoms with E-state index in [0.717, 1.165) is 4.31 Å². The van der Waals surface area contributed by atoms with Crippen molar-refractivity contribution in [3.63, 3.8) is 0 Å². The number of methoxy groups -OCH3 is 1. The van der Waals surface area contributed by atoms with Crippen LogP contribution in [-0.4, -0.2) is 62.6 Å². The molecule has 2 heterocycles. The molecule has 1 aliphatic heterocycles. The van der Waals surface area contributed by atoms with Crippen LogP contribution in [0.3, 0.4) is 0 Å². The number of nitrogens with one attached hydrogen (secondary N) is 2. The van der Waals surface area contributed by atoms with Gasteiger partial charge in [0.05, 0.1) is 24.6 Å². The van der Waals surface area contributed by atoms with Crippen molar-refractivity contribution in [3.05, 3.63) is 59.3 Å². The highest BCUT2D eigenvalue weighted by Crippen LogP contribution is 2.28. The molecule has 2 aromatic carbocycles. The standard InChI is InChI=1S/C28H32ClN3O7S/c1-17(2)14-22(31-28(35)25-15-18-6-4-8-24(38-3)26(18)39-25)27(34)30-21-7-5-13-32(16-23(21)33)40(36,37)20-11-9-19(29)10-12-20/h4,6,8-12,15,17,21-22H,5,7,13-14,16H2,1-3H3,(H,30,34)(H,31,35). The van der Waals surface area contributed by atoms with E-state index in [2.05, 4.69) is 10.6 Å². The predicted molar refractivity (Wildman–Crippen MR) is 150 cm³/mol. The molecule has 2 unspecified atom stereocenters. The van der Waals surface area contributed by atoms with Crippen LogP contribution in [-0.2, 0) is 19.6 Å². The number of ketones is 1. The van der Waals surface area contributed by atoms with Crippen LogP contribution in [0.15, 0.2) is 57.8 Å². The number of hydrogen-bond acceptors (Lipinski definition) is 7. The van der Waals surface area contributed by atoms with Gasteiger partial charge in [-0.1, -0.05) is 37.6 Å². The number of carbonyl (C=O) groups is 3. The summed E-state index contributed by atoms with van der Waals surface area (Å²) in [5.74, 6) is -0.977. The fourth-order valence-electron chi connectivity index (χ4n) is 4.62. The lowest BCUT2D eigenvalue weighted by Crippen LogP contribution is -2.52. The van der Waals surface area contributed by atoms with Crippen molar-refractivity contribution in [1.82, 2.24) is 14.9 Å². The van der Waals surface area contributed by atoms with Crippen LogP contribution in [0.25, 0.3) is 11.0 Å². The quantitative estimate of drug-likeness (QED) is 0.388. The van der Waals surface area contributed by atoms with Crippen molar-refractivity contribution in [2.24, 2.45) is 5.92 Å². The molecule has 1 fully saturated rings. The number of fused-ring (bicyclic) bond motifs is 1. The number of halogens is 1. The largest absolute Gasteiger partial charge is 0.493 e. The Morgan fingerprint density at radius 3 is 2.58 bits per heavy atom. The average molecular weight is 590 g/mol. The summed E-state index contributed by atoms with van der Waals surface area (Å²) in [7, 11) is -2.42. The highest BCUT2D eigenvalue weighted by molar-refractivity contribution is 7.89. The summed E-state index contributed by atoms with van der Waals surface area (Å²) < 4.78 is 38.3. The van der Waals surface area contributed by atoms with E-state index in [1.165, 1.54) is 31.4 Å². The summed E-state index contributed by atoms with van der Waals surface area (Å²) in [5.41, 5.74) is 0.419. The molecule has 10 nitrogen and oxygen atoms in total. The van der Waals surface area contributed by atoms with Gasteiger partial charge in [-0.15, -0.1) is 0 Å². The molecular weight excluding hydrogens is 558 g/mol. The van der Waals surface area contributed by atoms with Crippen LogP contribution < -0.4 is 15.4 Å². The zero-order valence-electron chi connectivity index (χ0n) is 22.5. The van der Waals surface area contributed by atoms with Crippen LogP contribution in [0.5, 0.6) is 5.75 Å². The van der Waals surface area contributed by atoms with Gasteiger partial charge < -0.3 is 19.8 Å². The van der Waals surface area contributed by atoms with Gasteiger partial charge in [0.15, 0.2) is 22.9 Å². The molecule has 1 aromatic heterocycles. The topological polar surface area (TPSA) is 135 Å². The first-order valence-corrected chi connectivity index (χ1v) is 14.8. The fraction of sp³-hybridized carbons (Fsp3) is 0.393. The maximum absolute atomic E-state index is 13.3. The molecule has 2 amide bonds. The molecule has 2 N–H and O–H groups in total. The lowest BCUT2D eigenvalue weighted by Gasteiger charge is -2.23. The summed E-state index contributed by atoms with van der Waals surface area (Å²) in [6.07, 6.45) is 0.952. The Balaban J connectivity index is 1.45. The Morgan fingerprint density at radius 1 is 1.18 bits per heavy atom. The number of para-hydroxylation sites is 1. The monoisotopic (exact) mass is 589 g/mol. The number of amides is 2. The lowest BCUT2D eigenvalue weighted by atomic mass is 10.0. The molecular formula is C28H32ClN3O7S. The van der Waals surface area contributed by atoms with Gasteiger partial charge in [0.25, 0.3) is 5.91 Å². The molecule has 214 valence electrons. The van der Waals surface area contributed by atoms with E-state index in [9.17, 15) is 22.8 Å². The SMILES string of the molecule is COc1cccc2cc(C(=O)NC(CC(C)C)C(=O)NC3CCCN(S(=O)(=O)c4ccc(Cl)cc4)CC3=O)oc12. The summed E-state index contributed by atoms with van der Waals surface area (Å²) in [6.45, 7) is 3.58. The number of furan rings is 1. The molecule has 3 aromatic rings. The molecule has 12 heteroatoms. The van der Waals surface area contributed by atoms with E-state index in [4.69, 9.17) is 20.8 Å². The van der Waals surface area contributed by atoms with Crippen molar-refractivity contribution in [2.45, 2.75) is 50.1 Å². The van der Waals surface area contributed by atoms with Crippen LogP contribution in [0.2, 0.25) is 5.02 Å². The number of carbonyl (C=O) groups excluding carboxylic acids is 3. The minimum atomic E-state index is -3.92. The van der Waals surface area contributed by atoms with E-state index >= 15 is 0 Å². The first-order chi connectivity index (χ1) is 19.0. The number of Topliss-reactive ketones (excluding diaryl/α,β-unsaturated/α-hetero) is 1. The first kappa shape index (κ1) is 29.6. The molecule has 1 saturated heterocycles. The molecule has 0 aliphatic carbocycles. The van der Waals surface area contributed by atoms with Gasteiger partial charge in [-0.2, -0.15) is 4.31 Å². The van der Waals surface area contributed by atoms with Gasteiger partial charge in [0, 0.05) is 17.0 Å². The number of hydrogen-bond donors (Lipinski definition) is 2. The zero-order chi connectivity index (χ0) is 29.0. The van der Waals surface area contributed by atoms with Crippen molar-refractivity contribution < 1.29 is 32.0 Å². The normalized spacial score (nSPS) is 17.4. The zero-order valence-corrected chi connectivity index (χ0v) is 24.0. The summed E-state index contributed by atoms with van der Waals surface area (Å²) in [5, 5.41) is 6.55. The van der Waals surface area contributed by atoms with Crippen LogP contribution in [0.4, 0.5) is 0 Å². The van der Waals surface area contributed by atoms with E-state index in [1.54, 1.807) is 24.3 Å². The van der Waals surface area contributed by atoms with Gasteiger partial charge in [-0.05, 0) is 61.6 Å². The maximum atomic E-state index is 13.3. The first-order valence-electron chi connectivity index (χ1n) is 13.0. The van der Waals surface area contributed by atoms with E-state index in [0.29, 0.717) is 34.6 Å². The van der Waals surface area contributed by atoms with E-state index in [1.807, 2.05) is 13.8 Å². The molecule has 0 spiro atoms. The average Bonchev–Trinajstić information content (AvgIpc) is 3.27. The van der Waals surface area contributed by atoms with Gasteiger partial charge >= 0.3 is 0 Å². The Labute approximate surface area is 238 Å². The molecule has 1 aliphatic rings. The predicted octanol–water partition coefficient (Wildman–Crippen LogP) is 3.78. The minimum Gasteiger partial charge on any atom is -0.493 e. The third-order valence-corrected chi connectivity index (χ3v) is 8.78. The number of sulfonamides is 1. The number of ether oxygens (including phenoxy) is 1. The van der Waals surface area contributed by atoms with Crippen LogP contribution in [0, 0.1) is 5.92 Å². The Kier molecular flexibility index (Phi) is 9.17. The summed E-state index contributed by atoms with van der Waals surface area (Å²) >= 11 is 5.88. The Hall–Kier alpha value is -3.41. The molecule has 0 radical (unpaired) electrons. The smallest absolute Gasteiger partial charge is 0.287 e. The lowest BCUT2D eigenvalue weighted by molar-refractivity contribution is -0.129. The second-order valence-corrected chi connectivity index (χ2v) is 12.5. The van der Waals surface area contributed by atoms with E-state index in [-0.39, 0.29) is 36.1 Å². The maximum Gasteiger partial charge on any atom is 0.287 e. The van der Waals surface area contributed by atoms with Crippen LogP contribution >= 0.6 is 11.6 Å².